The maximum atomic E-state index is 11.4. The average molecular weight is 395 g/mol. The fourth-order valence-electron chi connectivity index (χ4n) is 5.57. The summed E-state index contributed by atoms with van der Waals surface area (Å²) in [6.07, 6.45) is 3.42. The maximum absolute atomic E-state index is 11.4. The fraction of sp³-hybridized carbons (Fsp3) is 0.500. The largest absolute Gasteiger partial charge is 0.496 e. The van der Waals surface area contributed by atoms with Crippen LogP contribution in [0.25, 0.3) is 0 Å². The van der Waals surface area contributed by atoms with Gasteiger partial charge in [0.25, 0.3) is 0 Å². The van der Waals surface area contributed by atoms with E-state index in [1.807, 2.05) is 13.0 Å². The Morgan fingerprint density at radius 1 is 0.966 bits per heavy atom. The summed E-state index contributed by atoms with van der Waals surface area (Å²) >= 11 is 0. The minimum absolute atomic E-state index is 0.0717. The SMILES string of the molecule is COc1ccc(C2(c3ccc(OC(C)=O)c(C)c3)CC(C)CC(C)(C)C2)cc1C. The van der Waals surface area contributed by atoms with Gasteiger partial charge in [0.05, 0.1) is 7.11 Å². The van der Waals surface area contributed by atoms with E-state index < -0.39 is 0 Å². The van der Waals surface area contributed by atoms with Crippen molar-refractivity contribution in [3.63, 3.8) is 0 Å². The predicted octanol–water partition coefficient (Wildman–Crippen LogP) is 6.37. The van der Waals surface area contributed by atoms with E-state index in [0.29, 0.717) is 11.7 Å². The van der Waals surface area contributed by atoms with Gasteiger partial charge >= 0.3 is 5.97 Å². The van der Waals surface area contributed by atoms with Crippen molar-refractivity contribution in [2.45, 2.75) is 66.2 Å². The molecule has 0 spiro atoms. The molecule has 2 aromatic carbocycles. The molecule has 29 heavy (non-hydrogen) atoms. The van der Waals surface area contributed by atoms with Crippen molar-refractivity contribution >= 4 is 5.97 Å². The molecular weight excluding hydrogens is 360 g/mol. The van der Waals surface area contributed by atoms with E-state index in [9.17, 15) is 4.79 Å². The van der Waals surface area contributed by atoms with E-state index >= 15 is 0 Å². The van der Waals surface area contributed by atoms with Crippen LogP contribution in [0.5, 0.6) is 11.5 Å². The molecule has 0 heterocycles. The maximum Gasteiger partial charge on any atom is 0.308 e. The molecule has 2 unspecified atom stereocenters. The first-order valence-corrected chi connectivity index (χ1v) is 10.5. The molecule has 0 bridgehead atoms. The van der Waals surface area contributed by atoms with Gasteiger partial charge in [0.1, 0.15) is 11.5 Å². The number of carbonyl (C=O) groups excluding carboxylic acids is 1. The Kier molecular flexibility index (Phi) is 5.80. The monoisotopic (exact) mass is 394 g/mol. The zero-order chi connectivity index (χ0) is 21.4. The van der Waals surface area contributed by atoms with Gasteiger partial charge in [-0.25, -0.2) is 0 Å². The van der Waals surface area contributed by atoms with Gasteiger partial charge in [0, 0.05) is 12.3 Å². The van der Waals surface area contributed by atoms with Crippen LogP contribution < -0.4 is 9.47 Å². The minimum Gasteiger partial charge on any atom is -0.496 e. The highest BCUT2D eigenvalue weighted by molar-refractivity contribution is 5.70. The van der Waals surface area contributed by atoms with Gasteiger partial charge in [0.2, 0.25) is 0 Å². The van der Waals surface area contributed by atoms with E-state index in [0.717, 1.165) is 29.7 Å². The highest BCUT2D eigenvalue weighted by atomic mass is 16.5. The van der Waals surface area contributed by atoms with Crippen molar-refractivity contribution in [1.29, 1.82) is 0 Å². The van der Waals surface area contributed by atoms with E-state index in [4.69, 9.17) is 9.47 Å². The standard InChI is InChI=1S/C26H34O3/c1-17-14-25(5,6)16-26(15-17,21-8-10-23(28-7)18(2)12-21)22-9-11-24(19(3)13-22)29-20(4)27/h8-13,17H,14-16H2,1-7H3. The highest BCUT2D eigenvalue weighted by Gasteiger charge is 2.45. The quantitative estimate of drug-likeness (QED) is 0.446. The van der Waals surface area contributed by atoms with Crippen molar-refractivity contribution in [2.75, 3.05) is 7.11 Å². The number of aryl methyl sites for hydroxylation is 2. The number of rotatable bonds is 4. The van der Waals surface area contributed by atoms with Gasteiger partial charge in [-0.2, -0.15) is 0 Å². The van der Waals surface area contributed by atoms with Crippen LogP contribution in [-0.4, -0.2) is 13.1 Å². The average Bonchev–Trinajstić information content (AvgIpc) is 2.61. The van der Waals surface area contributed by atoms with Crippen molar-refractivity contribution in [1.82, 2.24) is 0 Å². The molecule has 2 aromatic rings. The Hall–Kier alpha value is -2.29. The third-order valence-electron chi connectivity index (χ3n) is 6.31. The lowest BCUT2D eigenvalue weighted by Crippen LogP contribution is -2.41. The van der Waals surface area contributed by atoms with E-state index in [2.05, 4.69) is 58.0 Å². The van der Waals surface area contributed by atoms with Gasteiger partial charge in [-0.05, 0) is 78.8 Å². The number of esters is 1. The molecule has 0 aliphatic heterocycles. The Balaban J connectivity index is 2.17. The molecule has 3 heteroatoms. The van der Waals surface area contributed by atoms with E-state index in [1.54, 1.807) is 7.11 Å². The number of methoxy groups -OCH3 is 1. The molecule has 3 nitrogen and oxygen atoms in total. The van der Waals surface area contributed by atoms with Crippen LogP contribution in [0, 0.1) is 25.2 Å². The molecule has 3 rings (SSSR count). The van der Waals surface area contributed by atoms with Gasteiger partial charge in [-0.15, -0.1) is 0 Å². The van der Waals surface area contributed by atoms with Crippen molar-refractivity contribution < 1.29 is 14.3 Å². The molecule has 2 atom stereocenters. The lowest BCUT2D eigenvalue weighted by molar-refractivity contribution is -0.131. The summed E-state index contributed by atoms with van der Waals surface area (Å²) in [5, 5.41) is 0. The van der Waals surface area contributed by atoms with E-state index in [-0.39, 0.29) is 16.8 Å². The number of hydrogen-bond donors (Lipinski definition) is 0. The lowest BCUT2D eigenvalue weighted by atomic mass is 9.55. The van der Waals surface area contributed by atoms with Crippen LogP contribution in [0.2, 0.25) is 0 Å². The Morgan fingerprint density at radius 2 is 1.52 bits per heavy atom. The second-order valence-electron chi connectivity index (χ2n) is 9.69. The van der Waals surface area contributed by atoms with Crippen molar-refractivity contribution in [2.24, 2.45) is 11.3 Å². The zero-order valence-corrected chi connectivity index (χ0v) is 18.9. The summed E-state index contributed by atoms with van der Waals surface area (Å²) in [4.78, 5) is 11.4. The van der Waals surface area contributed by atoms with Crippen molar-refractivity contribution in [3.05, 3.63) is 58.7 Å². The van der Waals surface area contributed by atoms with Gasteiger partial charge in [-0.3, -0.25) is 4.79 Å². The Labute approximate surface area is 175 Å². The Bertz CT molecular complexity index is 912. The number of ether oxygens (including phenoxy) is 2. The smallest absolute Gasteiger partial charge is 0.308 e. The molecule has 1 aliphatic carbocycles. The van der Waals surface area contributed by atoms with Crippen LogP contribution in [0.4, 0.5) is 0 Å². The van der Waals surface area contributed by atoms with Crippen LogP contribution in [0.1, 0.15) is 69.2 Å². The van der Waals surface area contributed by atoms with Crippen molar-refractivity contribution in [3.8, 4) is 11.5 Å². The molecule has 0 aromatic heterocycles. The van der Waals surface area contributed by atoms with E-state index in [1.165, 1.54) is 24.5 Å². The molecule has 0 N–H and O–H groups in total. The third kappa shape index (κ3) is 4.34. The molecular formula is C26H34O3. The summed E-state index contributed by atoms with van der Waals surface area (Å²) in [5.74, 6) is 1.90. The second-order valence-corrected chi connectivity index (χ2v) is 9.69. The molecule has 0 saturated heterocycles. The van der Waals surface area contributed by atoms with Crippen LogP contribution in [0.3, 0.4) is 0 Å². The molecule has 0 amide bonds. The van der Waals surface area contributed by atoms with Crippen LogP contribution >= 0.6 is 0 Å². The van der Waals surface area contributed by atoms with Gasteiger partial charge in [-0.1, -0.05) is 45.0 Å². The summed E-state index contributed by atoms with van der Waals surface area (Å²) in [6, 6.07) is 12.9. The number of hydrogen-bond acceptors (Lipinski definition) is 3. The molecule has 1 fully saturated rings. The molecule has 0 radical (unpaired) electrons. The lowest BCUT2D eigenvalue weighted by Gasteiger charge is -2.49. The summed E-state index contributed by atoms with van der Waals surface area (Å²) < 4.78 is 10.9. The highest BCUT2D eigenvalue weighted by Crippen LogP contribution is 2.54. The third-order valence-corrected chi connectivity index (χ3v) is 6.31. The first-order chi connectivity index (χ1) is 13.6. The molecule has 1 saturated carbocycles. The predicted molar refractivity (Wildman–Crippen MR) is 118 cm³/mol. The first kappa shape index (κ1) is 21.4. The molecule has 156 valence electrons. The first-order valence-electron chi connectivity index (χ1n) is 10.5. The van der Waals surface area contributed by atoms with Crippen LogP contribution in [0.15, 0.2) is 36.4 Å². The fourth-order valence-corrected chi connectivity index (χ4v) is 5.57. The van der Waals surface area contributed by atoms with Gasteiger partial charge in [0.15, 0.2) is 0 Å². The van der Waals surface area contributed by atoms with Gasteiger partial charge < -0.3 is 9.47 Å². The topological polar surface area (TPSA) is 35.5 Å². The second kappa shape index (κ2) is 7.85. The zero-order valence-electron chi connectivity index (χ0n) is 18.9. The Morgan fingerprint density at radius 3 is 1.97 bits per heavy atom. The summed E-state index contributed by atoms with van der Waals surface area (Å²) in [5.41, 5.74) is 4.98. The number of benzene rings is 2. The van der Waals surface area contributed by atoms with Crippen LogP contribution in [-0.2, 0) is 10.2 Å². The summed E-state index contributed by atoms with van der Waals surface area (Å²) in [7, 11) is 1.72. The molecule has 1 aliphatic rings. The summed E-state index contributed by atoms with van der Waals surface area (Å²) in [6.45, 7) is 12.7. The normalized spacial score (nSPS) is 23.5. The number of carbonyl (C=O) groups is 1. The minimum atomic E-state index is -0.284.